The van der Waals surface area contributed by atoms with Gasteiger partial charge in [0.25, 0.3) is 0 Å². The van der Waals surface area contributed by atoms with Crippen molar-refractivity contribution in [2.75, 3.05) is 0 Å². The van der Waals surface area contributed by atoms with E-state index in [0.29, 0.717) is 5.41 Å². The highest BCUT2D eigenvalue weighted by molar-refractivity contribution is 4.86. The first kappa shape index (κ1) is 12.7. The SMILES string of the molecule is C=CC(C)(C)CCCCCCCC. The summed E-state index contributed by atoms with van der Waals surface area (Å²) in [5.41, 5.74) is 0.352. The summed E-state index contributed by atoms with van der Waals surface area (Å²) in [4.78, 5) is 0. The van der Waals surface area contributed by atoms with E-state index < -0.39 is 0 Å². The Labute approximate surface area is 84.4 Å². The fraction of sp³-hybridized carbons (Fsp3) is 0.846. The van der Waals surface area contributed by atoms with E-state index >= 15 is 0 Å². The van der Waals surface area contributed by atoms with Crippen molar-refractivity contribution in [3.8, 4) is 0 Å². The van der Waals surface area contributed by atoms with Gasteiger partial charge in [-0.05, 0) is 11.8 Å². The van der Waals surface area contributed by atoms with Gasteiger partial charge in [0.05, 0.1) is 0 Å². The zero-order chi connectivity index (χ0) is 10.2. The topological polar surface area (TPSA) is 0 Å². The van der Waals surface area contributed by atoms with Crippen LogP contribution in [-0.4, -0.2) is 0 Å². The predicted molar refractivity (Wildman–Crippen MR) is 62.0 cm³/mol. The number of allylic oxidation sites excluding steroid dienone is 1. The summed E-state index contributed by atoms with van der Waals surface area (Å²) in [6.07, 6.45) is 11.7. The molecule has 0 aliphatic carbocycles. The molecule has 0 saturated heterocycles. The first-order valence-electron chi connectivity index (χ1n) is 5.76. The van der Waals surface area contributed by atoms with Gasteiger partial charge in [0, 0.05) is 0 Å². The quantitative estimate of drug-likeness (QED) is 0.368. The molecule has 0 unspecified atom stereocenters. The summed E-state index contributed by atoms with van der Waals surface area (Å²) < 4.78 is 0. The zero-order valence-corrected chi connectivity index (χ0v) is 9.73. The summed E-state index contributed by atoms with van der Waals surface area (Å²) in [7, 11) is 0. The van der Waals surface area contributed by atoms with E-state index in [2.05, 4.69) is 33.4 Å². The molecule has 0 aromatic heterocycles. The average Bonchev–Trinajstić information content (AvgIpc) is 2.11. The van der Waals surface area contributed by atoms with E-state index in [4.69, 9.17) is 0 Å². The molecular formula is C13H26. The summed E-state index contributed by atoms with van der Waals surface area (Å²) in [6, 6.07) is 0. The zero-order valence-electron chi connectivity index (χ0n) is 9.73. The highest BCUT2D eigenvalue weighted by Crippen LogP contribution is 2.24. The lowest BCUT2D eigenvalue weighted by Gasteiger charge is -2.18. The Bertz CT molecular complexity index is 122. The highest BCUT2D eigenvalue weighted by atomic mass is 14.2. The maximum absolute atomic E-state index is 3.86. The van der Waals surface area contributed by atoms with Crippen LogP contribution in [0.1, 0.15) is 65.7 Å². The van der Waals surface area contributed by atoms with E-state index in [1.165, 1.54) is 44.9 Å². The van der Waals surface area contributed by atoms with Crippen LogP contribution in [0.2, 0.25) is 0 Å². The van der Waals surface area contributed by atoms with Crippen molar-refractivity contribution in [2.45, 2.75) is 65.7 Å². The molecule has 0 fully saturated rings. The van der Waals surface area contributed by atoms with E-state index in [0.717, 1.165) is 0 Å². The third-order valence-corrected chi connectivity index (χ3v) is 2.73. The molecule has 0 saturated carbocycles. The normalized spacial score (nSPS) is 11.6. The van der Waals surface area contributed by atoms with Crippen molar-refractivity contribution in [1.29, 1.82) is 0 Å². The van der Waals surface area contributed by atoms with Crippen LogP contribution in [0.4, 0.5) is 0 Å². The summed E-state index contributed by atoms with van der Waals surface area (Å²) in [5.74, 6) is 0. The van der Waals surface area contributed by atoms with Gasteiger partial charge in [-0.1, -0.05) is 65.4 Å². The third kappa shape index (κ3) is 8.08. The van der Waals surface area contributed by atoms with Gasteiger partial charge in [-0.3, -0.25) is 0 Å². The van der Waals surface area contributed by atoms with Crippen LogP contribution in [0.25, 0.3) is 0 Å². The van der Waals surface area contributed by atoms with E-state index in [9.17, 15) is 0 Å². The van der Waals surface area contributed by atoms with Gasteiger partial charge in [0.2, 0.25) is 0 Å². The Morgan fingerprint density at radius 2 is 1.54 bits per heavy atom. The van der Waals surface area contributed by atoms with Gasteiger partial charge in [-0.15, -0.1) is 6.58 Å². The van der Waals surface area contributed by atoms with Gasteiger partial charge in [-0.2, -0.15) is 0 Å². The largest absolute Gasteiger partial charge is 0.103 e. The van der Waals surface area contributed by atoms with Gasteiger partial charge in [0.15, 0.2) is 0 Å². The van der Waals surface area contributed by atoms with Crippen LogP contribution in [0.3, 0.4) is 0 Å². The molecule has 0 heteroatoms. The molecule has 78 valence electrons. The van der Waals surface area contributed by atoms with Crippen molar-refractivity contribution in [1.82, 2.24) is 0 Å². The lowest BCUT2D eigenvalue weighted by Crippen LogP contribution is -2.05. The lowest BCUT2D eigenvalue weighted by molar-refractivity contribution is 0.408. The standard InChI is InChI=1S/C13H26/c1-5-7-8-9-10-11-12-13(3,4)6-2/h6H,2,5,7-12H2,1,3-4H3. The fourth-order valence-electron chi connectivity index (χ4n) is 1.46. The maximum Gasteiger partial charge on any atom is -0.0178 e. The number of hydrogen-bond donors (Lipinski definition) is 0. The Hall–Kier alpha value is -0.260. The van der Waals surface area contributed by atoms with Crippen molar-refractivity contribution < 1.29 is 0 Å². The average molecular weight is 182 g/mol. The Morgan fingerprint density at radius 3 is 2.08 bits per heavy atom. The van der Waals surface area contributed by atoms with Gasteiger partial charge in [-0.25, -0.2) is 0 Å². The molecule has 0 bridgehead atoms. The molecule has 13 heavy (non-hydrogen) atoms. The Kier molecular flexibility index (Phi) is 7.03. The molecule has 0 N–H and O–H groups in total. The monoisotopic (exact) mass is 182 g/mol. The Balaban J connectivity index is 3.20. The van der Waals surface area contributed by atoms with Crippen molar-refractivity contribution in [3.63, 3.8) is 0 Å². The van der Waals surface area contributed by atoms with Crippen LogP contribution in [0.15, 0.2) is 12.7 Å². The maximum atomic E-state index is 3.86. The summed E-state index contributed by atoms with van der Waals surface area (Å²) in [5, 5.41) is 0. The second-order valence-corrected chi connectivity index (χ2v) is 4.71. The minimum Gasteiger partial charge on any atom is -0.103 e. The first-order valence-corrected chi connectivity index (χ1v) is 5.76. The van der Waals surface area contributed by atoms with E-state index in [1.807, 2.05) is 0 Å². The fourth-order valence-corrected chi connectivity index (χ4v) is 1.46. The third-order valence-electron chi connectivity index (χ3n) is 2.73. The number of hydrogen-bond acceptors (Lipinski definition) is 0. The molecule has 0 aliphatic rings. The van der Waals surface area contributed by atoms with Crippen molar-refractivity contribution >= 4 is 0 Å². The molecule has 0 aromatic rings. The first-order chi connectivity index (χ1) is 6.12. The molecule has 0 aliphatic heterocycles. The molecule has 0 aromatic carbocycles. The van der Waals surface area contributed by atoms with Crippen molar-refractivity contribution in [2.24, 2.45) is 5.41 Å². The minimum absolute atomic E-state index is 0.352. The predicted octanol–water partition coefficient (Wildman–Crippen LogP) is 4.95. The molecular weight excluding hydrogens is 156 g/mol. The molecule has 0 radical (unpaired) electrons. The number of rotatable bonds is 8. The molecule has 0 atom stereocenters. The molecule has 0 amide bonds. The van der Waals surface area contributed by atoms with Crippen LogP contribution < -0.4 is 0 Å². The second kappa shape index (κ2) is 7.17. The minimum atomic E-state index is 0.352. The van der Waals surface area contributed by atoms with Crippen LogP contribution >= 0.6 is 0 Å². The van der Waals surface area contributed by atoms with Crippen LogP contribution in [0, 0.1) is 5.41 Å². The highest BCUT2D eigenvalue weighted by Gasteiger charge is 2.11. The number of unbranched alkanes of at least 4 members (excludes halogenated alkanes) is 5. The van der Waals surface area contributed by atoms with Crippen LogP contribution in [0.5, 0.6) is 0 Å². The van der Waals surface area contributed by atoms with Crippen molar-refractivity contribution in [3.05, 3.63) is 12.7 Å². The molecule has 0 nitrogen and oxygen atoms in total. The van der Waals surface area contributed by atoms with E-state index in [-0.39, 0.29) is 0 Å². The Morgan fingerprint density at radius 1 is 1.00 bits per heavy atom. The lowest BCUT2D eigenvalue weighted by atomic mass is 9.87. The second-order valence-electron chi connectivity index (χ2n) is 4.71. The molecule has 0 spiro atoms. The smallest absolute Gasteiger partial charge is 0.0178 e. The van der Waals surface area contributed by atoms with Gasteiger partial charge < -0.3 is 0 Å². The van der Waals surface area contributed by atoms with Gasteiger partial charge in [0.1, 0.15) is 0 Å². The summed E-state index contributed by atoms with van der Waals surface area (Å²) >= 11 is 0. The summed E-state index contributed by atoms with van der Waals surface area (Å²) in [6.45, 7) is 10.7. The van der Waals surface area contributed by atoms with Crippen LogP contribution in [-0.2, 0) is 0 Å². The molecule has 0 heterocycles. The van der Waals surface area contributed by atoms with Gasteiger partial charge >= 0.3 is 0 Å². The molecule has 0 rings (SSSR count). The van der Waals surface area contributed by atoms with E-state index in [1.54, 1.807) is 0 Å².